The van der Waals surface area contributed by atoms with Gasteiger partial charge in [0.1, 0.15) is 0 Å². The zero-order chi connectivity index (χ0) is 14.3. The van der Waals surface area contributed by atoms with Gasteiger partial charge in [0.25, 0.3) is 0 Å². The lowest BCUT2D eigenvalue weighted by Crippen LogP contribution is -2.57. The molecule has 0 radical (unpaired) electrons. The third-order valence-electron chi connectivity index (χ3n) is 2.77. The normalized spacial score (nSPS) is 15.8. The van der Waals surface area contributed by atoms with Gasteiger partial charge >= 0.3 is 5.97 Å². The molecule has 8 heteroatoms. The van der Waals surface area contributed by atoms with Gasteiger partial charge in [-0.2, -0.15) is 0 Å². The van der Waals surface area contributed by atoms with Crippen molar-refractivity contribution in [3.63, 3.8) is 0 Å². The monoisotopic (exact) mass is 260 g/mol. The summed E-state index contributed by atoms with van der Waals surface area (Å²) >= 11 is 0. The van der Waals surface area contributed by atoms with Crippen LogP contribution in [0.1, 0.15) is 19.3 Å². The SMILES string of the molecule is NCC(=O)C(N)CCC[C@](N)(C(=O)O)C(=O)CN. The predicted octanol–water partition coefficient (Wildman–Crippen LogP) is -2.68. The number of ketones is 2. The van der Waals surface area contributed by atoms with Crippen LogP contribution in [-0.2, 0) is 14.4 Å². The Labute approximate surface area is 105 Å². The van der Waals surface area contributed by atoms with E-state index in [0.29, 0.717) is 0 Å². The predicted molar refractivity (Wildman–Crippen MR) is 64.5 cm³/mol. The number of aliphatic carboxylic acids is 1. The first-order valence-corrected chi connectivity index (χ1v) is 5.53. The van der Waals surface area contributed by atoms with Crippen LogP contribution in [0, 0.1) is 0 Å². The Morgan fingerprint density at radius 1 is 1.17 bits per heavy atom. The molecule has 0 bridgehead atoms. The number of carboxylic acid groups (broad SMARTS) is 1. The molecular formula is C10H20N4O4. The lowest BCUT2D eigenvalue weighted by molar-refractivity contribution is -0.148. The van der Waals surface area contributed by atoms with E-state index in [4.69, 9.17) is 28.0 Å². The van der Waals surface area contributed by atoms with E-state index < -0.39 is 29.9 Å². The molecule has 18 heavy (non-hydrogen) atoms. The Bertz CT molecular complexity index is 334. The van der Waals surface area contributed by atoms with E-state index in [1.54, 1.807) is 0 Å². The molecule has 8 nitrogen and oxygen atoms in total. The molecule has 0 saturated carbocycles. The number of Topliss-reactive ketones (excluding diaryl/α,β-unsaturated/α-hetero) is 2. The van der Waals surface area contributed by atoms with E-state index in [2.05, 4.69) is 0 Å². The van der Waals surface area contributed by atoms with Crippen molar-refractivity contribution in [2.24, 2.45) is 22.9 Å². The third kappa shape index (κ3) is 4.15. The Morgan fingerprint density at radius 3 is 2.11 bits per heavy atom. The fourth-order valence-corrected chi connectivity index (χ4v) is 1.46. The molecule has 0 aromatic heterocycles. The van der Waals surface area contributed by atoms with E-state index in [0.717, 1.165) is 0 Å². The van der Waals surface area contributed by atoms with Crippen molar-refractivity contribution in [2.75, 3.05) is 13.1 Å². The molecule has 0 rings (SSSR count). The summed E-state index contributed by atoms with van der Waals surface area (Å²) < 4.78 is 0. The summed E-state index contributed by atoms with van der Waals surface area (Å²) in [6.07, 6.45) is 0.325. The first-order valence-electron chi connectivity index (χ1n) is 5.53. The van der Waals surface area contributed by atoms with Crippen LogP contribution in [0.25, 0.3) is 0 Å². The summed E-state index contributed by atoms with van der Waals surface area (Å²) in [5, 5.41) is 8.94. The molecule has 0 amide bonds. The minimum absolute atomic E-state index is 0.121. The van der Waals surface area contributed by atoms with Crippen molar-refractivity contribution in [3.8, 4) is 0 Å². The first kappa shape index (κ1) is 16.6. The van der Waals surface area contributed by atoms with Crippen molar-refractivity contribution in [3.05, 3.63) is 0 Å². The van der Waals surface area contributed by atoms with Crippen molar-refractivity contribution < 1.29 is 19.5 Å². The maximum atomic E-state index is 11.4. The van der Waals surface area contributed by atoms with Crippen LogP contribution in [0.2, 0.25) is 0 Å². The smallest absolute Gasteiger partial charge is 0.331 e. The summed E-state index contributed by atoms with van der Waals surface area (Å²) in [6, 6.07) is -0.763. The van der Waals surface area contributed by atoms with Crippen LogP contribution in [0.4, 0.5) is 0 Å². The fraction of sp³-hybridized carbons (Fsp3) is 0.700. The number of carbonyl (C=O) groups is 3. The van der Waals surface area contributed by atoms with Gasteiger partial charge in [-0.3, -0.25) is 9.59 Å². The lowest BCUT2D eigenvalue weighted by Gasteiger charge is -2.22. The Morgan fingerprint density at radius 2 is 1.72 bits per heavy atom. The van der Waals surface area contributed by atoms with Gasteiger partial charge in [-0.25, -0.2) is 4.79 Å². The molecule has 2 atom stereocenters. The number of hydrogen-bond acceptors (Lipinski definition) is 7. The van der Waals surface area contributed by atoms with E-state index in [9.17, 15) is 14.4 Å². The van der Waals surface area contributed by atoms with Crippen LogP contribution in [0.5, 0.6) is 0 Å². The van der Waals surface area contributed by atoms with Gasteiger partial charge in [0, 0.05) is 0 Å². The number of hydrogen-bond donors (Lipinski definition) is 5. The molecule has 0 aliphatic rings. The zero-order valence-electron chi connectivity index (χ0n) is 10.1. The molecule has 1 unspecified atom stereocenters. The molecule has 0 heterocycles. The first-order chi connectivity index (χ1) is 8.29. The summed E-state index contributed by atoms with van der Waals surface area (Å²) in [6.45, 7) is -0.619. The van der Waals surface area contributed by atoms with Crippen LogP contribution < -0.4 is 22.9 Å². The summed E-state index contributed by atoms with van der Waals surface area (Å²) in [4.78, 5) is 33.5. The second kappa shape index (κ2) is 7.17. The summed E-state index contributed by atoms with van der Waals surface area (Å²) in [5.41, 5.74) is 19.2. The Balaban J connectivity index is 4.43. The van der Waals surface area contributed by atoms with Crippen molar-refractivity contribution in [1.82, 2.24) is 0 Å². The van der Waals surface area contributed by atoms with Crippen molar-refractivity contribution in [2.45, 2.75) is 30.8 Å². The molecule has 0 aliphatic heterocycles. The molecule has 0 spiro atoms. The van der Waals surface area contributed by atoms with Gasteiger partial charge in [-0.05, 0) is 19.3 Å². The quantitative estimate of drug-likeness (QED) is 0.278. The number of carbonyl (C=O) groups excluding carboxylic acids is 2. The molecule has 9 N–H and O–H groups in total. The van der Waals surface area contributed by atoms with E-state index in [1.807, 2.05) is 0 Å². The molecule has 0 fully saturated rings. The summed E-state index contributed by atoms with van der Waals surface area (Å²) in [5.74, 6) is -2.51. The minimum atomic E-state index is -2.01. The highest BCUT2D eigenvalue weighted by Crippen LogP contribution is 2.14. The van der Waals surface area contributed by atoms with Crippen LogP contribution in [0.15, 0.2) is 0 Å². The number of nitrogens with two attached hydrogens (primary N) is 4. The zero-order valence-corrected chi connectivity index (χ0v) is 10.1. The maximum absolute atomic E-state index is 11.4. The maximum Gasteiger partial charge on any atom is 0.331 e. The van der Waals surface area contributed by atoms with Gasteiger partial charge < -0.3 is 28.0 Å². The minimum Gasteiger partial charge on any atom is -0.480 e. The van der Waals surface area contributed by atoms with Gasteiger partial charge in [0.05, 0.1) is 19.1 Å². The van der Waals surface area contributed by atoms with Crippen molar-refractivity contribution in [1.29, 1.82) is 0 Å². The van der Waals surface area contributed by atoms with Gasteiger partial charge in [-0.15, -0.1) is 0 Å². The average molecular weight is 260 g/mol. The average Bonchev–Trinajstić information content (AvgIpc) is 2.35. The van der Waals surface area contributed by atoms with Crippen LogP contribution in [0.3, 0.4) is 0 Å². The fourth-order valence-electron chi connectivity index (χ4n) is 1.46. The number of carboxylic acids is 1. The molecule has 0 aliphatic carbocycles. The second-order valence-corrected chi connectivity index (χ2v) is 4.07. The van der Waals surface area contributed by atoms with Gasteiger partial charge in [-0.1, -0.05) is 0 Å². The third-order valence-corrected chi connectivity index (χ3v) is 2.77. The molecule has 0 aromatic carbocycles. The lowest BCUT2D eigenvalue weighted by atomic mass is 9.88. The van der Waals surface area contributed by atoms with E-state index in [-0.39, 0.29) is 31.6 Å². The topological polar surface area (TPSA) is 176 Å². The molecule has 0 saturated heterocycles. The molecular weight excluding hydrogens is 240 g/mol. The van der Waals surface area contributed by atoms with Crippen LogP contribution >= 0.6 is 0 Å². The second-order valence-electron chi connectivity index (χ2n) is 4.07. The number of rotatable bonds is 9. The van der Waals surface area contributed by atoms with E-state index in [1.165, 1.54) is 0 Å². The molecule has 104 valence electrons. The standard InChI is InChI=1S/C10H20N4O4/c11-4-7(15)6(13)2-1-3-10(14,9(17)18)8(16)5-12/h6H,1-5,11-14H2,(H,17,18)/t6?,10-/m1/s1. The highest BCUT2D eigenvalue weighted by molar-refractivity contribution is 6.08. The van der Waals surface area contributed by atoms with Crippen LogP contribution in [-0.4, -0.2) is 47.3 Å². The largest absolute Gasteiger partial charge is 0.480 e. The van der Waals surface area contributed by atoms with Gasteiger partial charge in [0.2, 0.25) is 0 Å². The van der Waals surface area contributed by atoms with E-state index >= 15 is 0 Å². The summed E-state index contributed by atoms with van der Waals surface area (Å²) in [7, 11) is 0. The Kier molecular flexibility index (Phi) is 6.63. The van der Waals surface area contributed by atoms with Crippen molar-refractivity contribution >= 4 is 17.5 Å². The highest BCUT2D eigenvalue weighted by Gasteiger charge is 2.40. The van der Waals surface area contributed by atoms with Gasteiger partial charge in [0.15, 0.2) is 17.1 Å². The highest BCUT2D eigenvalue weighted by atomic mass is 16.4. The molecule has 0 aromatic rings. The Hall–Kier alpha value is -1.35.